The summed E-state index contributed by atoms with van der Waals surface area (Å²) in [6, 6.07) is 7.46. The Morgan fingerprint density at radius 1 is 1.15 bits per heavy atom. The lowest BCUT2D eigenvalue weighted by Gasteiger charge is -2.24. The lowest BCUT2D eigenvalue weighted by molar-refractivity contribution is -0.136. The number of hydrogen-bond donors (Lipinski definition) is 2. The van der Waals surface area contributed by atoms with Gasteiger partial charge in [-0.25, -0.2) is 0 Å². The second-order valence-electron chi connectivity index (χ2n) is 7.58. The molecule has 1 aromatic rings. The van der Waals surface area contributed by atoms with E-state index in [0.717, 1.165) is 50.0 Å². The van der Waals surface area contributed by atoms with Gasteiger partial charge in [0.15, 0.2) is 0 Å². The van der Waals surface area contributed by atoms with E-state index in [1.807, 2.05) is 31.2 Å². The molecule has 2 fully saturated rings. The zero-order valence-electron chi connectivity index (χ0n) is 16.2. The van der Waals surface area contributed by atoms with Crippen LogP contribution >= 0.6 is 0 Å². The van der Waals surface area contributed by atoms with Crippen molar-refractivity contribution in [3.05, 3.63) is 29.8 Å². The van der Waals surface area contributed by atoms with Crippen LogP contribution in [0.25, 0.3) is 0 Å². The predicted octanol–water partition coefficient (Wildman–Crippen LogP) is 3.19. The summed E-state index contributed by atoms with van der Waals surface area (Å²) in [7, 11) is 0. The summed E-state index contributed by atoms with van der Waals surface area (Å²) < 4.78 is 11.3. The number of anilines is 1. The zero-order chi connectivity index (χ0) is 19.2. The molecule has 3 atom stereocenters. The molecule has 3 rings (SSSR count). The van der Waals surface area contributed by atoms with E-state index < -0.39 is 6.10 Å². The highest BCUT2D eigenvalue weighted by atomic mass is 16.5. The van der Waals surface area contributed by atoms with Gasteiger partial charge in [0.25, 0.3) is 0 Å². The number of ether oxygens (including phenoxy) is 2. The molecule has 1 aliphatic carbocycles. The maximum atomic E-state index is 12.4. The Kier molecular flexibility index (Phi) is 6.85. The molecule has 1 saturated carbocycles. The number of hydrogen-bond acceptors (Lipinski definition) is 4. The van der Waals surface area contributed by atoms with Crippen molar-refractivity contribution in [2.75, 3.05) is 18.5 Å². The summed E-state index contributed by atoms with van der Waals surface area (Å²) in [4.78, 5) is 24.2. The Hall–Kier alpha value is -1.92. The summed E-state index contributed by atoms with van der Waals surface area (Å²) in [6.45, 7) is 4.94. The molecule has 2 aliphatic rings. The van der Waals surface area contributed by atoms with Gasteiger partial charge in [0.2, 0.25) is 11.8 Å². The van der Waals surface area contributed by atoms with Crippen LogP contribution in [0.1, 0.15) is 57.6 Å². The Labute approximate surface area is 161 Å². The van der Waals surface area contributed by atoms with Gasteiger partial charge in [-0.15, -0.1) is 0 Å². The van der Waals surface area contributed by atoms with Crippen LogP contribution in [0.4, 0.5) is 5.69 Å². The zero-order valence-corrected chi connectivity index (χ0v) is 16.2. The Morgan fingerprint density at radius 2 is 1.89 bits per heavy atom. The largest absolute Gasteiger partial charge is 0.376 e. The molecule has 2 N–H and O–H groups in total. The average molecular weight is 374 g/mol. The van der Waals surface area contributed by atoms with E-state index in [1.165, 1.54) is 0 Å². The third-order valence-electron chi connectivity index (χ3n) is 5.16. The number of carbonyl (C=O) groups is 2. The fourth-order valence-corrected chi connectivity index (χ4v) is 3.13. The molecular formula is C21H30N2O4. The smallest absolute Gasteiger partial charge is 0.249 e. The van der Waals surface area contributed by atoms with Gasteiger partial charge in [-0.05, 0) is 63.6 Å². The van der Waals surface area contributed by atoms with Gasteiger partial charge in [-0.2, -0.15) is 0 Å². The van der Waals surface area contributed by atoms with E-state index in [9.17, 15) is 9.59 Å². The van der Waals surface area contributed by atoms with Crippen LogP contribution in [0, 0.1) is 5.92 Å². The van der Waals surface area contributed by atoms with Crippen molar-refractivity contribution in [1.82, 2.24) is 5.32 Å². The Bertz CT molecular complexity index is 636. The highest BCUT2D eigenvalue weighted by Crippen LogP contribution is 2.30. The fourth-order valence-electron chi connectivity index (χ4n) is 3.13. The molecule has 27 heavy (non-hydrogen) atoms. The van der Waals surface area contributed by atoms with Crippen molar-refractivity contribution >= 4 is 17.5 Å². The predicted molar refractivity (Wildman–Crippen MR) is 103 cm³/mol. The third-order valence-corrected chi connectivity index (χ3v) is 5.16. The first kappa shape index (κ1) is 19.8. The fraction of sp³-hybridized carbons (Fsp3) is 0.619. The molecule has 148 valence electrons. The summed E-state index contributed by atoms with van der Waals surface area (Å²) in [5.74, 6) is 0.143. The van der Waals surface area contributed by atoms with E-state index in [4.69, 9.17) is 9.47 Å². The van der Waals surface area contributed by atoms with Gasteiger partial charge >= 0.3 is 0 Å². The van der Waals surface area contributed by atoms with Crippen LogP contribution in [0.3, 0.4) is 0 Å². The standard InChI is InChI=1S/C21H30N2O4/c1-14(16-8-10-18(11-9-16)23-21(25)17-6-7-17)22-20(24)15(2)27-13-19-5-3-4-12-26-19/h8-11,14-15,17,19H,3-7,12-13H2,1-2H3,(H,22,24)(H,23,25). The summed E-state index contributed by atoms with van der Waals surface area (Å²) in [5.41, 5.74) is 1.77. The van der Waals surface area contributed by atoms with Gasteiger partial charge in [0.05, 0.1) is 18.8 Å². The average Bonchev–Trinajstić information content (AvgIpc) is 3.52. The van der Waals surface area contributed by atoms with Crippen LogP contribution in [-0.2, 0) is 19.1 Å². The number of amides is 2. The first-order chi connectivity index (χ1) is 13.0. The first-order valence-corrected chi connectivity index (χ1v) is 9.97. The molecule has 0 radical (unpaired) electrons. The molecule has 1 heterocycles. The molecule has 6 heteroatoms. The minimum atomic E-state index is -0.518. The molecular weight excluding hydrogens is 344 g/mol. The van der Waals surface area contributed by atoms with E-state index in [2.05, 4.69) is 10.6 Å². The maximum absolute atomic E-state index is 12.4. The van der Waals surface area contributed by atoms with Gasteiger partial charge in [0.1, 0.15) is 6.10 Å². The second kappa shape index (κ2) is 9.33. The van der Waals surface area contributed by atoms with Crippen molar-refractivity contribution in [3.8, 4) is 0 Å². The first-order valence-electron chi connectivity index (χ1n) is 9.97. The molecule has 1 saturated heterocycles. The minimum absolute atomic E-state index is 0.0945. The molecule has 6 nitrogen and oxygen atoms in total. The summed E-state index contributed by atoms with van der Waals surface area (Å²) in [5, 5.41) is 5.90. The monoisotopic (exact) mass is 374 g/mol. The summed E-state index contributed by atoms with van der Waals surface area (Å²) in [6.07, 6.45) is 4.81. The van der Waals surface area contributed by atoms with Crippen molar-refractivity contribution in [3.63, 3.8) is 0 Å². The van der Waals surface area contributed by atoms with Crippen molar-refractivity contribution in [2.24, 2.45) is 5.92 Å². The molecule has 1 aromatic carbocycles. The molecule has 1 aliphatic heterocycles. The van der Waals surface area contributed by atoms with Crippen LogP contribution in [-0.4, -0.2) is 37.2 Å². The number of rotatable bonds is 8. The maximum Gasteiger partial charge on any atom is 0.249 e. The molecule has 3 unspecified atom stereocenters. The van der Waals surface area contributed by atoms with Crippen molar-refractivity contribution in [2.45, 2.75) is 64.2 Å². The SMILES string of the molecule is CC(OCC1CCCCO1)C(=O)NC(C)c1ccc(NC(=O)C2CC2)cc1. The van der Waals surface area contributed by atoms with Crippen LogP contribution in [0.2, 0.25) is 0 Å². The summed E-state index contributed by atoms with van der Waals surface area (Å²) >= 11 is 0. The highest BCUT2D eigenvalue weighted by Gasteiger charge is 2.29. The second-order valence-corrected chi connectivity index (χ2v) is 7.58. The lowest BCUT2D eigenvalue weighted by atomic mass is 10.1. The lowest BCUT2D eigenvalue weighted by Crippen LogP contribution is -2.38. The van der Waals surface area contributed by atoms with Crippen molar-refractivity contribution < 1.29 is 19.1 Å². The quantitative estimate of drug-likeness (QED) is 0.733. The van der Waals surface area contributed by atoms with Crippen LogP contribution < -0.4 is 10.6 Å². The van der Waals surface area contributed by atoms with Gasteiger partial charge in [-0.3, -0.25) is 9.59 Å². The normalized spacial score (nSPS) is 21.9. The number of nitrogens with one attached hydrogen (secondary N) is 2. The third kappa shape index (κ3) is 6.04. The highest BCUT2D eigenvalue weighted by molar-refractivity contribution is 5.94. The Balaban J connectivity index is 1.43. The topological polar surface area (TPSA) is 76.7 Å². The van der Waals surface area contributed by atoms with Crippen molar-refractivity contribution in [1.29, 1.82) is 0 Å². The van der Waals surface area contributed by atoms with Gasteiger partial charge < -0.3 is 20.1 Å². The van der Waals surface area contributed by atoms with E-state index in [-0.39, 0.29) is 29.9 Å². The number of carbonyl (C=O) groups excluding carboxylic acids is 2. The molecule has 0 spiro atoms. The Morgan fingerprint density at radius 3 is 2.52 bits per heavy atom. The number of benzene rings is 1. The van der Waals surface area contributed by atoms with Gasteiger partial charge in [-0.1, -0.05) is 12.1 Å². The molecule has 0 bridgehead atoms. The van der Waals surface area contributed by atoms with Crippen LogP contribution in [0.5, 0.6) is 0 Å². The van der Waals surface area contributed by atoms with E-state index in [1.54, 1.807) is 6.92 Å². The van der Waals surface area contributed by atoms with Crippen LogP contribution in [0.15, 0.2) is 24.3 Å². The van der Waals surface area contributed by atoms with E-state index >= 15 is 0 Å². The molecule has 0 aromatic heterocycles. The van der Waals surface area contributed by atoms with E-state index in [0.29, 0.717) is 6.61 Å². The van der Waals surface area contributed by atoms with Gasteiger partial charge in [0, 0.05) is 18.2 Å². The molecule has 2 amide bonds. The minimum Gasteiger partial charge on any atom is -0.376 e.